The molecule has 4 nitrogen and oxygen atoms in total. The fourth-order valence-corrected chi connectivity index (χ4v) is 4.52. The number of phenols is 4. The van der Waals surface area contributed by atoms with Crippen LogP contribution in [-0.2, 0) is 0 Å². The van der Waals surface area contributed by atoms with Crippen molar-refractivity contribution in [1.29, 1.82) is 0 Å². The van der Waals surface area contributed by atoms with Gasteiger partial charge in [0.05, 0.1) is 0 Å². The fourth-order valence-electron chi connectivity index (χ4n) is 4.52. The second-order valence-electron chi connectivity index (χ2n) is 8.18. The smallest absolute Gasteiger partial charge is 0.115 e. The molecule has 0 amide bonds. The molecule has 0 spiro atoms. The molecule has 0 heterocycles. The monoisotopic (exact) mass is 426 g/mol. The van der Waals surface area contributed by atoms with E-state index in [1.807, 2.05) is 48.5 Å². The molecule has 0 aromatic heterocycles. The maximum Gasteiger partial charge on any atom is 0.115 e. The second-order valence-corrected chi connectivity index (χ2v) is 8.18. The van der Waals surface area contributed by atoms with Gasteiger partial charge >= 0.3 is 0 Å². The van der Waals surface area contributed by atoms with Gasteiger partial charge in [-0.2, -0.15) is 0 Å². The first kappa shape index (κ1) is 21.3. The molecule has 4 rings (SSSR count). The highest BCUT2D eigenvalue weighted by atomic mass is 16.3. The van der Waals surface area contributed by atoms with Gasteiger partial charge in [-0.1, -0.05) is 55.5 Å². The van der Waals surface area contributed by atoms with Gasteiger partial charge in [0.25, 0.3) is 0 Å². The first-order valence-corrected chi connectivity index (χ1v) is 10.6. The molecule has 4 heteroatoms. The molecule has 0 aliphatic rings. The van der Waals surface area contributed by atoms with Crippen LogP contribution in [0.1, 0.15) is 41.0 Å². The standard InChI is InChI=1S/C28H26O4/c1-18(27(19-2-10-23(29)11-3-19)20-4-12-24(30)13-5-20)28(21-6-14-25(31)15-7-21)22-8-16-26(32)17-9-22/h2-18,27-32H,1H3. The third-order valence-electron chi connectivity index (χ3n) is 6.06. The zero-order valence-corrected chi connectivity index (χ0v) is 17.8. The number of benzene rings is 4. The lowest BCUT2D eigenvalue weighted by Gasteiger charge is -2.33. The minimum absolute atomic E-state index is 0.0381. The van der Waals surface area contributed by atoms with Crippen molar-refractivity contribution in [3.8, 4) is 23.0 Å². The summed E-state index contributed by atoms with van der Waals surface area (Å²) < 4.78 is 0. The molecule has 0 saturated carbocycles. The molecule has 4 aromatic rings. The molecule has 162 valence electrons. The maximum atomic E-state index is 9.82. The Morgan fingerprint density at radius 3 is 0.750 bits per heavy atom. The molecule has 0 bridgehead atoms. The molecule has 0 saturated heterocycles. The Balaban J connectivity index is 1.85. The maximum absolute atomic E-state index is 9.82. The van der Waals surface area contributed by atoms with Crippen molar-refractivity contribution in [3.05, 3.63) is 119 Å². The van der Waals surface area contributed by atoms with Gasteiger partial charge in [0, 0.05) is 11.8 Å². The molecule has 0 atom stereocenters. The van der Waals surface area contributed by atoms with E-state index in [1.54, 1.807) is 48.5 Å². The lowest BCUT2D eigenvalue weighted by Crippen LogP contribution is -2.20. The summed E-state index contributed by atoms with van der Waals surface area (Å²) in [5, 5.41) is 39.3. The Hall–Kier alpha value is -3.92. The molecule has 0 fully saturated rings. The molecule has 0 aliphatic heterocycles. The zero-order chi connectivity index (χ0) is 22.7. The Morgan fingerprint density at radius 2 is 0.562 bits per heavy atom. The molecular weight excluding hydrogens is 400 g/mol. The SMILES string of the molecule is CC(C(c1ccc(O)cc1)c1ccc(O)cc1)C(c1ccc(O)cc1)c1ccc(O)cc1. The highest BCUT2D eigenvalue weighted by Crippen LogP contribution is 2.44. The van der Waals surface area contributed by atoms with Gasteiger partial charge < -0.3 is 20.4 Å². The Bertz CT molecular complexity index is 962. The summed E-state index contributed by atoms with van der Waals surface area (Å²) in [6.45, 7) is 2.18. The number of rotatable bonds is 6. The van der Waals surface area contributed by atoms with Crippen LogP contribution in [0.15, 0.2) is 97.1 Å². The predicted octanol–water partition coefficient (Wildman–Crippen LogP) is 6.11. The van der Waals surface area contributed by atoms with Crippen LogP contribution in [0, 0.1) is 5.92 Å². The molecule has 4 aromatic carbocycles. The van der Waals surface area contributed by atoms with Crippen molar-refractivity contribution in [2.75, 3.05) is 0 Å². The van der Waals surface area contributed by atoms with E-state index in [1.165, 1.54) is 0 Å². The van der Waals surface area contributed by atoms with E-state index in [9.17, 15) is 20.4 Å². The van der Waals surface area contributed by atoms with Gasteiger partial charge in [-0.15, -0.1) is 0 Å². The largest absolute Gasteiger partial charge is 0.508 e. The van der Waals surface area contributed by atoms with Crippen LogP contribution in [0.25, 0.3) is 0 Å². The number of hydrogen-bond donors (Lipinski definition) is 4. The lowest BCUT2D eigenvalue weighted by atomic mass is 9.70. The van der Waals surface area contributed by atoms with E-state index < -0.39 is 0 Å². The van der Waals surface area contributed by atoms with Gasteiger partial charge in [-0.3, -0.25) is 0 Å². The zero-order valence-electron chi connectivity index (χ0n) is 17.8. The molecular formula is C28H26O4. The average Bonchev–Trinajstić information content (AvgIpc) is 2.79. The van der Waals surface area contributed by atoms with Crippen molar-refractivity contribution in [3.63, 3.8) is 0 Å². The Labute approximate surface area is 187 Å². The van der Waals surface area contributed by atoms with Gasteiger partial charge in [-0.05, 0) is 76.7 Å². The highest BCUT2D eigenvalue weighted by Gasteiger charge is 2.31. The van der Waals surface area contributed by atoms with Crippen LogP contribution in [-0.4, -0.2) is 20.4 Å². The summed E-state index contributed by atoms with van der Waals surface area (Å²) in [7, 11) is 0. The number of phenolic OH excluding ortho intramolecular Hbond substituents is 4. The summed E-state index contributed by atoms with van der Waals surface area (Å²) >= 11 is 0. The minimum atomic E-state index is -0.0381. The van der Waals surface area contributed by atoms with Crippen molar-refractivity contribution in [2.45, 2.75) is 18.8 Å². The molecule has 0 unspecified atom stereocenters. The van der Waals surface area contributed by atoms with Crippen molar-refractivity contribution in [2.24, 2.45) is 5.92 Å². The third kappa shape index (κ3) is 4.54. The van der Waals surface area contributed by atoms with Crippen LogP contribution in [0.2, 0.25) is 0 Å². The van der Waals surface area contributed by atoms with Gasteiger partial charge in [0.2, 0.25) is 0 Å². The van der Waals surface area contributed by atoms with E-state index in [2.05, 4.69) is 6.92 Å². The van der Waals surface area contributed by atoms with Crippen LogP contribution < -0.4 is 0 Å². The van der Waals surface area contributed by atoms with Gasteiger partial charge in [0.1, 0.15) is 23.0 Å². The van der Waals surface area contributed by atoms with E-state index in [0.717, 1.165) is 22.3 Å². The average molecular weight is 427 g/mol. The topological polar surface area (TPSA) is 80.9 Å². The quantitative estimate of drug-likeness (QED) is 0.300. The molecule has 32 heavy (non-hydrogen) atoms. The Kier molecular flexibility index (Phi) is 6.04. The van der Waals surface area contributed by atoms with E-state index in [0.29, 0.717) is 0 Å². The van der Waals surface area contributed by atoms with Crippen LogP contribution >= 0.6 is 0 Å². The van der Waals surface area contributed by atoms with Crippen LogP contribution in [0.4, 0.5) is 0 Å². The van der Waals surface area contributed by atoms with E-state index >= 15 is 0 Å². The van der Waals surface area contributed by atoms with Crippen molar-refractivity contribution >= 4 is 0 Å². The normalized spacial score (nSPS) is 11.4. The molecule has 0 aliphatic carbocycles. The van der Waals surface area contributed by atoms with Crippen LogP contribution in [0.5, 0.6) is 23.0 Å². The predicted molar refractivity (Wildman–Crippen MR) is 125 cm³/mol. The second kappa shape index (κ2) is 9.06. The third-order valence-corrected chi connectivity index (χ3v) is 6.06. The summed E-state index contributed by atoms with van der Waals surface area (Å²) in [5.41, 5.74) is 4.18. The van der Waals surface area contributed by atoms with Crippen molar-refractivity contribution in [1.82, 2.24) is 0 Å². The van der Waals surface area contributed by atoms with Gasteiger partial charge in [-0.25, -0.2) is 0 Å². The fraction of sp³-hybridized carbons (Fsp3) is 0.143. The summed E-state index contributed by atoms with van der Waals surface area (Å²) in [6, 6.07) is 28.9. The molecule has 0 radical (unpaired) electrons. The summed E-state index contributed by atoms with van der Waals surface area (Å²) in [6.07, 6.45) is 0. The van der Waals surface area contributed by atoms with Crippen LogP contribution in [0.3, 0.4) is 0 Å². The summed E-state index contributed by atoms with van der Waals surface area (Å²) in [5.74, 6) is 0.809. The van der Waals surface area contributed by atoms with Crippen molar-refractivity contribution < 1.29 is 20.4 Å². The van der Waals surface area contributed by atoms with Gasteiger partial charge in [0.15, 0.2) is 0 Å². The minimum Gasteiger partial charge on any atom is -0.508 e. The Morgan fingerprint density at radius 1 is 0.375 bits per heavy atom. The van der Waals surface area contributed by atoms with E-state index in [-0.39, 0.29) is 40.8 Å². The summed E-state index contributed by atoms with van der Waals surface area (Å²) in [4.78, 5) is 0. The van der Waals surface area contributed by atoms with E-state index in [4.69, 9.17) is 0 Å². The first-order chi connectivity index (χ1) is 15.4. The first-order valence-electron chi connectivity index (χ1n) is 10.6. The lowest BCUT2D eigenvalue weighted by molar-refractivity contribution is 0.447. The number of aromatic hydroxyl groups is 4. The number of hydrogen-bond acceptors (Lipinski definition) is 4. The molecule has 4 N–H and O–H groups in total. The highest BCUT2D eigenvalue weighted by molar-refractivity contribution is 5.43.